The molecule has 1 aromatic carbocycles. The first-order chi connectivity index (χ1) is 13.5. The lowest BCUT2D eigenvalue weighted by atomic mass is 9.99. The van der Waals surface area contributed by atoms with Crippen LogP contribution in [0.3, 0.4) is 0 Å². The minimum Gasteiger partial charge on any atom is -0.324 e. The smallest absolute Gasteiger partial charge is 0.0960 e. The van der Waals surface area contributed by atoms with E-state index in [-0.39, 0.29) is 6.04 Å². The van der Waals surface area contributed by atoms with E-state index in [9.17, 15) is 0 Å². The first-order valence-corrected chi connectivity index (χ1v) is 10.5. The average molecular weight is 391 g/mol. The Morgan fingerprint density at radius 1 is 1.29 bits per heavy atom. The highest BCUT2D eigenvalue weighted by molar-refractivity contribution is 7.98. The zero-order chi connectivity index (χ0) is 20.1. The van der Waals surface area contributed by atoms with Crippen LogP contribution in [-0.2, 0) is 6.42 Å². The minimum absolute atomic E-state index is 0.261. The first kappa shape index (κ1) is 20.1. The van der Waals surface area contributed by atoms with Crippen molar-refractivity contribution in [2.75, 3.05) is 6.26 Å². The fourth-order valence-electron chi connectivity index (χ4n) is 3.06. The molecule has 3 rings (SSSR count). The van der Waals surface area contributed by atoms with E-state index in [1.807, 2.05) is 60.5 Å². The molecule has 0 saturated heterocycles. The van der Waals surface area contributed by atoms with Crippen LogP contribution in [0.5, 0.6) is 0 Å². The molecule has 2 heterocycles. The van der Waals surface area contributed by atoms with Gasteiger partial charge in [0.1, 0.15) is 0 Å². The van der Waals surface area contributed by atoms with Gasteiger partial charge in [0.2, 0.25) is 0 Å². The molecule has 1 atom stereocenters. The molecule has 2 aromatic heterocycles. The van der Waals surface area contributed by atoms with E-state index in [1.54, 1.807) is 11.8 Å². The summed E-state index contributed by atoms with van der Waals surface area (Å²) in [5, 5.41) is 6.67. The minimum atomic E-state index is -0.261. The molecule has 0 aliphatic carbocycles. The van der Waals surface area contributed by atoms with Crippen LogP contribution in [0.25, 0.3) is 16.6 Å². The lowest BCUT2D eigenvalue weighted by Gasteiger charge is -2.19. The fourth-order valence-corrected chi connectivity index (χ4v) is 3.46. The summed E-state index contributed by atoms with van der Waals surface area (Å²) in [5.41, 5.74) is 11.5. The highest BCUT2D eigenvalue weighted by atomic mass is 32.2. The zero-order valence-corrected chi connectivity index (χ0v) is 17.4. The summed E-state index contributed by atoms with van der Waals surface area (Å²) in [5.74, 6) is 0. The molecule has 0 radical (unpaired) electrons. The van der Waals surface area contributed by atoms with Gasteiger partial charge in [0.05, 0.1) is 22.4 Å². The van der Waals surface area contributed by atoms with Crippen molar-refractivity contribution >= 4 is 28.4 Å². The van der Waals surface area contributed by atoms with Gasteiger partial charge in [0, 0.05) is 23.5 Å². The maximum absolute atomic E-state index is 6.58. The van der Waals surface area contributed by atoms with Crippen LogP contribution in [0.2, 0.25) is 0 Å². The van der Waals surface area contributed by atoms with Gasteiger partial charge in [-0.05, 0) is 49.4 Å². The molecule has 144 valence electrons. The Hall–Kier alpha value is -2.63. The Balaban J connectivity index is 1.94. The van der Waals surface area contributed by atoms with Crippen molar-refractivity contribution < 1.29 is 0 Å². The summed E-state index contributed by atoms with van der Waals surface area (Å²) in [6, 6.07) is 12.0. The number of nitrogens with two attached hydrogens (primary N) is 1. The molecule has 0 saturated carbocycles. The summed E-state index contributed by atoms with van der Waals surface area (Å²) >= 11 is 1.64. The van der Waals surface area contributed by atoms with Crippen molar-refractivity contribution in [2.24, 2.45) is 5.73 Å². The molecule has 0 aliphatic heterocycles. The van der Waals surface area contributed by atoms with E-state index >= 15 is 0 Å². The van der Waals surface area contributed by atoms with Crippen LogP contribution in [-0.4, -0.2) is 27.1 Å². The summed E-state index contributed by atoms with van der Waals surface area (Å²) in [4.78, 5) is 4.73. The molecular weight excluding hydrogens is 364 g/mol. The summed E-state index contributed by atoms with van der Waals surface area (Å²) in [7, 11) is 0. The average Bonchev–Trinajstić information content (AvgIpc) is 3.13. The van der Waals surface area contributed by atoms with Gasteiger partial charge >= 0.3 is 0 Å². The molecule has 4 nitrogen and oxygen atoms in total. The maximum Gasteiger partial charge on any atom is 0.0960 e. The van der Waals surface area contributed by atoms with Crippen molar-refractivity contribution in [2.45, 2.75) is 31.3 Å². The van der Waals surface area contributed by atoms with Crippen LogP contribution in [0.1, 0.15) is 18.2 Å². The van der Waals surface area contributed by atoms with Crippen LogP contribution in [0.4, 0.5) is 0 Å². The third-order valence-corrected chi connectivity index (χ3v) is 5.37. The quantitative estimate of drug-likeness (QED) is 0.455. The zero-order valence-electron chi connectivity index (χ0n) is 16.6. The highest BCUT2D eigenvalue weighted by Crippen LogP contribution is 2.25. The number of para-hydroxylation sites is 1. The number of benzene rings is 1. The van der Waals surface area contributed by atoms with Gasteiger partial charge in [-0.25, -0.2) is 9.67 Å². The third kappa shape index (κ3) is 4.26. The van der Waals surface area contributed by atoms with E-state index in [0.29, 0.717) is 6.42 Å². The number of hydrogen-bond donors (Lipinski definition) is 1. The van der Waals surface area contributed by atoms with E-state index in [4.69, 9.17) is 10.7 Å². The molecular formula is C23H26N4S. The SMILES string of the molecule is C=C(/C(=C\C=C/C)n1ncc2ccccc21)C(N)Cc1nc(SC)ccc1C. The number of thioether (sulfide) groups is 1. The topological polar surface area (TPSA) is 56.7 Å². The Morgan fingerprint density at radius 3 is 2.82 bits per heavy atom. The molecule has 3 aromatic rings. The Kier molecular flexibility index (Phi) is 6.49. The lowest BCUT2D eigenvalue weighted by Crippen LogP contribution is -2.27. The number of aryl methyl sites for hydroxylation is 1. The van der Waals surface area contributed by atoms with Crippen molar-refractivity contribution in [3.8, 4) is 0 Å². The van der Waals surface area contributed by atoms with Gasteiger partial charge < -0.3 is 5.73 Å². The van der Waals surface area contributed by atoms with E-state index in [1.165, 1.54) is 0 Å². The highest BCUT2D eigenvalue weighted by Gasteiger charge is 2.18. The molecule has 0 spiro atoms. The second-order valence-corrected chi connectivity index (χ2v) is 7.47. The van der Waals surface area contributed by atoms with Crippen molar-refractivity contribution in [1.29, 1.82) is 0 Å². The van der Waals surface area contributed by atoms with E-state index in [0.717, 1.165) is 38.5 Å². The lowest BCUT2D eigenvalue weighted by molar-refractivity contribution is 0.740. The molecule has 28 heavy (non-hydrogen) atoms. The molecule has 2 N–H and O–H groups in total. The summed E-state index contributed by atoms with van der Waals surface area (Å²) in [6.07, 6.45) is 10.5. The molecule has 5 heteroatoms. The molecule has 0 amide bonds. The second-order valence-electron chi connectivity index (χ2n) is 6.65. The Labute approximate surface area is 170 Å². The number of nitrogens with zero attached hydrogens (tertiary/aromatic N) is 3. The second kappa shape index (κ2) is 9.04. The van der Waals surface area contributed by atoms with Crippen LogP contribution in [0.15, 0.2) is 78.0 Å². The molecule has 0 bridgehead atoms. The number of pyridine rings is 1. The van der Waals surface area contributed by atoms with Crippen molar-refractivity contribution in [3.05, 3.63) is 84.2 Å². The number of hydrogen-bond acceptors (Lipinski definition) is 4. The monoisotopic (exact) mass is 390 g/mol. The summed E-state index contributed by atoms with van der Waals surface area (Å²) < 4.78 is 1.91. The van der Waals surface area contributed by atoms with E-state index in [2.05, 4.69) is 36.8 Å². The first-order valence-electron chi connectivity index (χ1n) is 9.26. The Bertz CT molecular complexity index is 1050. The van der Waals surface area contributed by atoms with Gasteiger partial charge in [-0.15, -0.1) is 11.8 Å². The van der Waals surface area contributed by atoms with Crippen molar-refractivity contribution in [1.82, 2.24) is 14.8 Å². The fraction of sp³-hybridized carbons (Fsp3) is 0.217. The number of rotatable bonds is 7. The number of allylic oxidation sites excluding steroid dienone is 3. The van der Waals surface area contributed by atoms with Gasteiger partial charge in [-0.2, -0.15) is 5.10 Å². The largest absolute Gasteiger partial charge is 0.324 e. The molecule has 0 aliphatic rings. The number of aromatic nitrogens is 3. The van der Waals surface area contributed by atoms with Gasteiger partial charge in [-0.1, -0.05) is 43.0 Å². The normalized spacial score (nSPS) is 13.4. The molecule has 0 fully saturated rings. The van der Waals surface area contributed by atoms with Crippen LogP contribution >= 0.6 is 11.8 Å². The van der Waals surface area contributed by atoms with Gasteiger partial charge in [-0.3, -0.25) is 0 Å². The van der Waals surface area contributed by atoms with Crippen LogP contribution in [0, 0.1) is 6.92 Å². The Morgan fingerprint density at radius 2 is 2.07 bits per heavy atom. The standard InChI is InChI=1S/C23H26N4S/c1-5-6-10-21(27-22-11-8-7-9-18(22)15-25-27)17(3)19(24)14-20-16(2)12-13-23(26-20)28-4/h5-13,15,19H,3,14,24H2,1-2,4H3/b6-5-,21-10+. The van der Waals surface area contributed by atoms with Crippen molar-refractivity contribution in [3.63, 3.8) is 0 Å². The van der Waals surface area contributed by atoms with Crippen LogP contribution < -0.4 is 5.73 Å². The third-order valence-electron chi connectivity index (χ3n) is 4.73. The van der Waals surface area contributed by atoms with Gasteiger partial charge in [0.15, 0.2) is 0 Å². The van der Waals surface area contributed by atoms with Gasteiger partial charge in [0.25, 0.3) is 0 Å². The predicted molar refractivity (Wildman–Crippen MR) is 120 cm³/mol. The molecule has 1 unspecified atom stereocenters. The van der Waals surface area contributed by atoms with E-state index < -0.39 is 0 Å². The predicted octanol–water partition coefficient (Wildman–Crippen LogP) is 5.00. The summed E-state index contributed by atoms with van der Waals surface area (Å²) in [6.45, 7) is 8.37. The maximum atomic E-state index is 6.58. The number of fused-ring (bicyclic) bond motifs is 1.